The Morgan fingerprint density at radius 2 is 2.20 bits per heavy atom. The largest absolute Gasteiger partial charge is 0.480 e. The third-order valence-electron chi connectivity index (χ3n) is 2.41. The van der Waals surface area contributed by atoms with Crippen LogP contribution in [0, 0.1) is 0 Å². The van der Waals surface area contributed by atoms with E-state index in [1.54, 1.807) is 0 Å². The quantitative estimate of drug-likeness (QED) is 0.616. The summed E-state index contributed by atoms with van der Waals surface area (Å²) in [5.41, 5.74) is 0. The van der Waals surface area contributed by atoms with E-state index in [-0.39, 0.29) is 12.1 Å². The maximum absolute atomic E-state index is 11.3. The summed E-state index contributed by atoms with van der Waals surface area (Å²) in [6.45, 7) is 3.91. The van der Waals surface area contributed by atoms with Gasteiger partial charge in [-0.3, -0.25) is 4.79 Å². The van der Waals surface area contributed by atoms with Gasteiger partial charge in [0.25, 0.3) is 0 Å². The first kappa shape index (κ1) is 11.8. The van der Waals surface area contributed by atoms with Gasteiger partial charge in [0.15, 0.2) is 0 Å². The van der Waals surface area contributed by atoms with Gasteiger partial charge in [0.1, 0.15) is 6.04 Å². The lowest BCUT2D eigenvalue weighted by Crippen LogP contribution is -2.49. The van der Waals surface area contributed by atoms with Crippen molar-refractivity contribution in [2.75, 3.05) is 6.61 Å². The molecular formula is C9H16N2O4. The summed E-state index contributed by atoms with van der Waals surface area (Å²) in [7, 11) is 0. The molecule has 1 heterocycles. The van der Waals surface area contributed by atoms with Gasteiger partial charge in [-0.1, -0.05) is 0 Å². The summed E-state index contributed by atoms with van der Waals surface area (Å²) in [5, 5.41) is 13.6. The predicted molar refractivity (Wildman–Crippen MR) is 52.6 cm³/mol. The van der Waals surface area contributed by atoms with Crippen LogP contribution in [-0.4, -0.2) is 41.9 Å². The number of carboxylic acids is 1. The van der Waals surface area contributed by atoms with E-state index in [4.69, 9.17) is 9.84 Å². The second-order valence-corrected chi connectivity index (χ2v) is 3.65. The fourth-order valence-electron chi connectivity index (χ4n) is 1.39. The topological polar surface area (TPSA) is 87.7 Å². The van der Waals surface area contributed by atoms with E-state index in [0.29, 0.717) is 6.61 Å². The predicted octanol–water partition coefficient (Wildman–Crippen LogP) is -0.0639. The van der Waals surface area contributed by atoms with Gasteiger partial charge in [-0.05, 0) is 20.3 Å². The smallest absolute Gasteiger partial charge is 0.325 e. The van der Waals surface area contributed by atoms with Crippen LogP contribution in [0.5, 0.6) is 0 Å². The van der Waals surface area contributed by atoms with Gasteiger partial charge in [-0.25, -0.2) is 4.79 Å². The van der Waals surface area contributed by atoms with E-state index in [9.17, 15) is 9.59 Å². The molecule has 0 aliphatic carbocycles. The molecule has 1 rings (SSSR count). The molecule has 1 saturated heterocycles. The maximum Gasteiger partial charge on any atom is 0.325 e. The van der Waals surface area contributed by atoms with Gasteiger partial charge in [0.05, 0.1) is 12.1 Å². The lowest BCUT2D eigenvalue weighted by Gasteiger charge is -2.17. The minimum Gasteiger partial charge on any atom is -0.480 e. The number of amides is 2. The van der Waals surface area contributed by atoms with Gasteiger partial charge < -0.3 is 20.5 Å². The first-order valence-corrected chi connectivity index (χ1v) is 4.92. The van der Waals surface area contributed by atoms with Crippen molar-refractivity contribution in [3.63, 3.8) is 0 Å². The van der Waals surface area contributed by atoms with Crippen molar-refractivity contribution in [1.29, 1.82) is 0 Å². The van der Waals surface area contributed by atoms with Gasteiger partial charge in [-0.15, -0.1) is 0 Å². The normalized spacial score (nSPS) is 27.1. The zero-order valence-corrected chi connectivity index (χ0v) is 8.82. The number of carbonyl (C=O) groups is 2. The molecule has 1 fully saturated rings. The van der Waals surface area contributed by atoms with E-state index in [1.165, 1.54) is 6.92 Å². The number of ether oxygens (including phenoxy) is 1. The van der Waals surface area contributed by atoms with Crippen LogP contribution in [0.2, 0.25) is 0 Å². The summed E-state index contributed by atoms with van der Waals surface area (Å²) in [4.78, 5) is 21.8. The van der Waals surface area contributed by atoms with Gasteiger partial charge in [0, 0.05) is 6.61 Å². The monoisotopic (exact) mass is 216 g/mol. The molecule has 86 valence electrons. The molecule has 1 aliphatic heterocycles. The fraction of sp³-hybridized carbons (Fsp3) is 0.778. The first-order chi connectivity index (χ1) is 7.00. The molecule has 2 unspecified atom stereocenters. The molecule has 0 aromatic rings. The summed E-state index contributed by atoms with van der Waals surface area (Å²) in [6.07, 6.45) is 0.742. The molecule has 0 saturated carbocycles. The molecule has 0 aromatic carbocycles. The third kappa shape index (κ3) is 3.39. The molecule has 0 spiro atoms. The molecule has 3 N–H and O–H groups in total. The third-order valence-corrected chi connectivity index (χ3v) is 2.41. The molecule has 2 amide bonds. The Balaban J connectivity index is 2.32. The van der Waals surface area contributed by atoms with Crippen molar-refractivity contribution in [2.24, 2.45) is 0 Å². The van der Waals surface area contributed by atoms with Gasteiger partial charge in [-0.2, -0.15) is 0 Å². The minimum absolute atomic E-state index is 0.0177. The lowest BCUT2D eigenvalue weighted by atomic mass is 10.2. The number of carboxylic acid groups (broad SMARTS) is 1. The molecule has 3 atom stereocenters. The molecule has 0 radical (unpaired) electrons. The highest BCUT2D eigenvalue weighted by molar-refractivity contribution is 5.82. The summed E-state index contributed by atoms with van der Waals surface area (Å²) in [5.74, 6) is -1.05. The zero-order valence-electron chi connectivity index (χ0n) is 8.82. The Morgan fingerprint density at radius 1 is 1.53 bits per heavy atom. The van der Waals surface area contributed by atoms with E-state index in [0.717, 1.165) is 6.42 Å². The molecule has 15 heavy (non-hydrogen) atoms. The van der Waals surface area contributed by atoms with E-state index in [1.807, 2.05) is 6.92 Å². The summed E-state index contributed by atoms with van der Waals surface area (Å²) < 4.78 is 5.26. The highest BCUT2D eigenvalue weighted by Crippen LogP contribution is 2.12. The Morgan fingerprint density at radius 3 is 2.67 bits per heavy atom. The fourth-order valence-corrected chi connectivity index (χ4v) is 1.39. The highest BCUT2D eigenvalue weighted by Gasteiger charge is 2.26. The molecule has 6 heteroatoms. The Hall–Kier alpha value is -1.30. The van der Waals surface area contributed by atoms with Crippen LogP contribution in [0.3, 0.4) is 0 Å². The first-order valence-electron chi connectivity index (χ1n) is 4.92. The highest BCUT2D eigenvalue weighted by atomic mass is 16.5. The second kappa shape index (κ2) is 4.97. The molecular weight excluding hydrogens is 200 g/mol. The van der Waals surface area contributed by atoms with E-state index < -0.39 is 18.0 Å². The van der Waals surface area contributed by atoms with Crippen LogP contribution in [-0.2, 0) is 9.53 Å². The number of hydrogen-bond donors (Lipinski definition) is 3. The zero-order chi connectivity index (χ0) is 11.4. The second-order valence-electron chi connectivity index (χ2n) is 3.65. The average molecular weight is 216 g/mol. The standard InChI is InChI=1S/C9H16N2O4/c1-5(8(12)13)10-9(14)11-7-3-4-15-6(7)2/h5-7H,3-4H2,1-2H3,(H,12,13)(H2,10,11,14)/t5-,6?,7?/m1/s1. The van der Waals surface area contributed by atoms with E-state index >= 15 is 0 Å². The summed E-state index contributed by atoms with van der Waals surface area (Å²) >= 11 is 0. The van der Waals surface area contributed by atoms with Gasteiger partial charge in [0.2, 0.25) is 0 Å². The van der Waals surface area contributed by atoms with E-state index in [2.05, 4.69) is 10.6 Å². The SMILES string of the molecule is CC1OCCC1NC(=O)N[C@H](C)C(=O)O. The Bertz CT molecular complexity index is 256. The lowest BCUT2D eigenvalue weighted by molar-refractivity contribution is -0.138. The van der Waals surface area contributed by atoms with Crippen LogP contribution < -0.4 is 10.6 Å². The number of urea groups is 1. The van der Waals surface area contributed by atoms with Crippen molar-refractivity contribution < 1.29 is 19.4 Å². The van der Waals surface area contributed by atoms with Crippen molar-refractivity contribution >= 4 is 12.0 Å². The molecule has 0 aromatic heterocycles. The van der Waals surface area contributed by atoms with Gasteiger partial charge >= 0.3 is 12.0 Å². The average Bonchev–Trinajstić information content (AvgIpc) is 2.51. The number of hydrogen-bond acceptors (Lipinski definition) is 3. The van der Waals surface area contributed by atoms with Crippen LogP contribution in [0.25, 0.3) is 0 Å². The van der Waals surface area contributed by atoms with Crippen molar-refractivity contribution in [1.82, 2.24) is 10.6 Å². The number of rotatable bonds is 3. The van der Waals surface area contributed by atoms with Crippen LogP contribution in [0.15, 0.2) is 0 Å². The maximum atomic E-state index is 11.3. The minimum atomic E-state index is -1.05. The van der Waals surface area contributed by atoms with Crippen LogP contribution in [0.4, 0.5) is 4.79 Å². The van der Waals surface area contributed by atoms with Crippen LogP contribution >= 0.6 is 0 Å². The number of nitrogens with one attached hydrogen (secondary N) is 2. The Kier molecular flexibility index (Phi) is 3.90. The van der Waals surface area contributed by atoms with Crippen LogP contribution in [0.1, 0.15) is 20.3 Å². The molecule has 1 aliphatic rings. The summed E-state index contributed by atoms with van der Waals surface area (Å²) in [6, 6.07) is -1.39. The van der Waals surface area contributed by atoms with Crippen molar-refractivity contribution in [3.8, 4) is 0 Å². The van der Waals surface area contributed by atoms with Crippen molar-refractivity contribution in [2.45, 2.75) is 38.5 Å². The molecule has 6 nitrogen and oxygen atoms in total. The van der Waals surface area contributed by atoms with Crippen molar-refractivity contribution in [3.05, 3.63) is 0 Å². The number of carbonyl (C=O) groups excluding carboxylic acids is 1. The Labute approximate surface area is 88.0 Å². The number of aliphatic carboxylic acids is 1. The molecule has 0 bridgehead atoms.